The smallest absolute Gasteiger partial charge is 0.211 e. The van der Waals surface area contributed by atoms with E-state index < -0.39 is 0 Å². The maximum absolute atomic E-state index is 4.60. The summed E-state index contributed by atoms with van der Waals surface area (Å²) in [6.07, 6.45) is 1.53. The van der Waals surface area contributed by atoms with E-state index in [1.54, 1.807) is 4.52 Å². The maximum atomic E-state index is 4.60. The molecule has 2 aromatic carbocycles. The Bertz CT molecular complexity index is 930. The van der Waals surface area contributed by atoms with E-state index in [1.807, 2.05) is 48.5 Å². The van der Waals surface area contributed by atoms with Gasteiger partial charge in [-0.2, -0.15) is 14.6 Å². The zero-order valence-corrected chi connectivity index (χ0v) is 13.1. The fourth-order valence-electron chi connectivity index (χ4n) is 2.40. The van der Waals surface area contributed by atoms with Crippen molar-refractivity contribution in [1.82, 2.24) is 19.6 Å². The number of fused-ring (bicyclic) bond motifs is 1. The number of nitrogens with zero attached hydrogens (tertiary/aromatic N) is 4. The highest BCUT2D eigenvalue weighted by molar-refractivity contribution is 9.10. The Kier molecular flexibility index (Phi) is 3.20. The molecule has 2 aromatic heterocycles. The van der Waals surface area contributed by atoms with Gasteiger partial charge in [0.15, 0.2) is 0 Å². The second-order valence-corrected chi connectivity index (χ2v) is 5.79. The Morgan fingerprint density at radius 1 is 0.864 bits per heavy atom. The molecule has 0 radical (unpaired) electrons. The predicted octanol–water partition coefficient (Wildman–Crippen LogP) is 4.22. The normalized spacial score (nSPS) is 11.0. The van der Waals surface area contributed by atoms with Crippen molar-refractivity contribution in [3.05, 3.63) is 71.5 Å². The van der Waals surface area contributed by atoms with E-state index >= 15 is 0 Å². The van der Waals surface area contributed by atoms with Gasteiger partial charge in [0, 0.05) is 15.6 Å². The summed E-state index contributed by atoms with van der Waals surface area (Å²) in [5, 5.41) is 4.28. The predicted molar refractivity (Wildman–Crippen MR) is 89.4 cm³/mol. The lowest BCUT2D eigenvalue weighted by Crippen LogP contribution is -1.98. The zero-order chi connectivity index (χ0) is 14.9. The quantitative estimate of drug-likeness (QED) is 0.543. The van der Waals surface area contributed by atoms with Crippen molar-refractivity contribution >= 4 is 21.7 Å². The molecule has 2 heterocycles. The average molecular weight is 351 g/mol. The van der Waals surface area contributed by atoms with Crippen LogP contribution in [0.15, 0.2) is 71.5 Å². The van der Waals surface area contributed by atoms with Crippen LogP contribution in [0.3, 0.4) is 0 Å². The van der Waals surface area contributed by atoms with Gasteiger partial charge in [-0.05, 0) is 18.2 Å². The second-order valence-electron chi connectivity index (χ2n) is 4.87. The SMILES string of the molecule is Brc1ccc(-c2cc(-c3ccccc3)n3ncnc3n2)cc1. The van der Waals surface area contributed by atoms with E-state index in [4.69, 9.17) is 0 Å². The Balaban J connectivity index is 1.96. The van der Waals surface area contributed by atoms with E-state index in [2.05, 4.69) is 43.1 Å². The lowest BCUT2D eigenvalue weighted by atomic mass is 10.1. The molecule has 0 saturated carbocycles. The van der Waals surface area contributed by atoms with E-state index in [0.29, 0.717) is 5.78 Å². The van der Waals surface area contributed by atoms with E-state index in [-0.39, 0.29) is 0 Å². The third-order valence-corrected chi connectivity index (χ3v) is 3.99. The molecule has 0 N–H and O–H groups in total. The summed E-state index contributed by atoms with van der Waals surface area (Å²) in [6.45, 7) is 0. The highest BCUT2D eigenvalue weighted by Gasteiger charge is 2.10. The first-order valence-corrected chi connectivity index (χ1v) is 7.63. The van der Waals surface area contributed by atoms with Crippen LogP contribution < -0.4 is 0 Å². The molecule has 0 amide bonds. The van der Waals surface area contributed by atoms with Crippen molar-refractivity contribution in [2.24, 2.45) is 0 Å². The molecule has 0 unspecified atom stereocenters. The van der Waals surface area contributed by atoms with E-state index in [1.165, 1.54) is 6.33 Å². The van der Waals surface area contributed by atoms with Gasteiger partial charge in [0.2, 0.25) is 0 Å². The number of aromatic nitrogens is 4. The average Bonchev–Trinajstić information content (AvgIpc) is 3.04. The zero-order valence-electron chi connectivity index (χ0n) is 11.5. The highest BCUT2D eigenvalue weighted by atomic mass is 79.9. The molecule has 4 nitrogen and oxygen atoms in total. The van der Waals surface area contributed by atoms with Crippen molar-refractivity contribution < 1.29 is 0 Å². The number of rotatable bonds is 2. The molecule has 106 valence electrons. The molecule has 0 aliphatic heterocycles. The molecule has 0 fully saturated rings. The van der Waals surface area contributed by atoms with Gasteiger partial charge >= 0.3 is 0 Å². The molecule has 0 atom stereocenters. The van der Waals surface area contributed by atoms with Gasteiger partial charge in [0.25, 0.3) is 5.78 Å². The van der Waals surface area contributed by atoms with Crippen LogP contribution >= 0.6 is 15.9 Å². The summed E-state index contributed by atoms with van der Waals surface area (Å²) in [4.78, 5) is 8.84. The first-order valence-electron chi connectivity index (χ1n) is 6.83. The van der Waals surface area contributed by atoms with Crippen LogP contribution in [0, 0.1) is 0 Å². The Hall–Kier alpha value is -2.53. The number of benzene rings is 2. The van der Waals surface area contributed by atoms with Crippen molar-refractivity contribution in [1.29, 1.82) is 0 Å². The van der Waals surface area contributed by atoms with Crippen molar-refractivity contribution in [2.75, 3.05) is 0 Å². The van der Waals surface area contributed by atoms with Crippen LogP contribution in [0.1, 0.15) is 0 Å². The van der Waals surface area contributed by atoms with Crippen molar-refractivity contribution in [3.8, 4) is 22.5 Å². The monoisotopic (exact) mass is 350 g/mol. The second kappa shape index (κ2) is 5.35. The lowest BCUT2D eigenvalue weighted by Gasteiger charge is -2.08. The van der Waals surface area contributed by atoms with Gasteiger partial charge in [-0.15, -0.1) is 0 Å². The number of halogens is 1. The molecule has 22 heavy (non-hydrogen) atoms. The van der Waals surface area contributed by atoms with Crippen molar-refractivity contribution in [3.63, 3.8) is 0 Å². The number of hydrogen-bond acceptors (Lipinski definition) is 3. The minimum absolute atomic E-state index is 0.597. The summed E-state index contributed by atoms with van der Waals surface area (Å²) >= 11 is 3.46. The third-order valence-electron chi connectivity index (χ3n) is 3.46. The highest BCUT2D eigenvalue weighted by Crippen LogP contribution is 2.26. The van der Waals surface area contributed by atoms with Crippen LogP contribution in [0.25, 0.3) is 28.3 Å². The first kappa shape index (κ1) is 13.2. The largest absolute Gasteiger partial charge is 0.253 e. The molecular formula is C17H11BrN4. The topological polar surface area (TPSA) is 43.1 Å². The van der Waals surface area contributed by atoms with E-state index in [9.17, 15) is 0 Å². The molecule has 4 aromatic rings. The van der Waals surface area contributed by atoms with Crippen LogP contribution in [0.2, 0.25) is 0 Å². The van der Waals surface area contributed by atoms with Gasteiger partial charge in [0.1, 0.15) is 6.33 Å². The van der Waals surface area contributed by atoms with Crippen LogP contribution in [0.5, 0.6) is 0 Å². The Morgan fingerprint density at radius 3 is 2.41 bits per heavy atom. The lowest BCUT2D eigenvalue weighted by molar-refractivity contribution is 0.949. The molecule has 4 rings (SSSR count). The van der Waals surface area contributed by atoms with Gasteiger partial charge in [-0.25, -0.2) is 4.98 Å². The van der Waals surface area contributed by atoms with Gasteiger partial charge in [-0.1, -0.05) is 58.4 Å². The number of hydrogen-bond donors (Lipinski definition) is 0. The van der Waals surface area contributed by atoms with Gasteiger partial charge in [0.05, 0.1) is 11.4 Å². The fraction of sp³-hybridized carbons (Fsp3) is 0. The van der Waals surface area contributed by atoms with Gasteiger partial charge in [-0.3, -0.25) is 0 Å². The van der Waals surface area contributed by atoms with E-state index in [0.717, 1.165) is 27.0 Å². The van der Waals surface area contributed by atoms with Crippen molar-refractivity contribution in [2.45, 2.75) is 0 Å². The summed E-state index contributed by atoms with van der Waals surface area (Å²) in [6, 6.07) is 20.3. The standard InChI is InChI=1S/C17H11BrN4/c18-14-8-6-12(7-9-14)15-10-16(13-4-2-1-3-5-13)22-17(21-15)19-11-20-22/h1-11H. The van der Waals surface area contributed by atoms with Crippen LogP contribution in [-0.2, 0) is 0 Å². The van der Waals surface area contributed by atoms with Crippen LogP contribution in [-0.4, -0.2) is 19.6 Å². The minimum Gasteiger partial charge on any atom is -0.211 e. The summed E-state index contributed by atoms with van der Waals surface area (Å²) in [5.74, 6) is 0.597. The summed E-state index contributed by atoms with van der Waals surface area (Å²) in [7, 11) is 0. The maximum Gasteiger partial charge on any atom is 0.253 e. The molecule has 0 aliphatic carbocycles. The Morgan fingerprint density at radius 2 is 1.64 bits per heavy atom. The molecule has 0 bridgehead atoms. The summed E-state index contributed by atoms with van der Waals surface area (Å²) < 4.78 is 2.81. The molecular weight excluding hydrogens is 340 g/mol. The first-order chi connectivity index (χ1) is 10.8. The summed E-state index contributed by atoms with van der Waals surface area (Å²) in [5.41, 5.74) is 3.98. The molecule has 0 saturated heterocycles. The fourth-order valence-corrected chi connectivity index (χ4v) is 2.66. The third kappa shape index (κ3) is 2.29. The van der Waals surface area contributed by atoms with Gasteiger partial charge < -0.3 is 0 Å². The minimum atomic E-state index is 0.597. The molecule has 0 spiro atoms. The van der Waals surface area contributed by atoms with Crippen LogP contribution in [0.4, 0.5) is 0 Å². The molecule has 0 aliphatic rings. The Labute approximate surface area is 135 Å². The molecule has 5 heteroatoms.